The van der Waals surface area contributed by atoms with Crippen LogP contribution in [-0.2, 0) is 9.47 Å². The fraction of sp³-hybridized carbons (Fsp3) is 1.00. The smallest absolute Gasteiger partial charge is 0.0591 e. The topological polar surface area (TPSA) is 30.5 Å². The van der Waals surface area contributed by atoms with Crippen LogP contribution in [0.5, 0.6) is 0 Å². The summed E-state index contributed by atoms with van der Waals surface area (Å²) >= 11 is 0. The Morgan fingerprint density at radius 1 is 1.18 bits per heavy atom. The van der Waals surface area contributed by atoms with Crippen LogP contribution in [0, 0.1) is 5.92 Å². The van der Waals surface area contributed by atoms with E-state index in [1.165, 1.54) is 0 Å². The molecule has 2 atom stereocenters. The third kappa shape index (κ3) is 7.02. The van der Waals surface area contributed by atoms with Crippen molar-refractivity contribution >= 4 is 0 Å². The molecule has 3 nitrogen and oxygen atoms in total. The highest BCUT2D eigenvalue weighted by atomic mass is 16.5. The Bertz CT molecular complexity index is 187. The van der Waals surface area contributed by atoms with E-state index in [0.29, 0.717) is 18.2 Å². The van der Waals surface area contributed by atoms with Crippen molar-refractivity contribution in [2.24, 2.45) is 5.92 Å². The Kier molecular flexibility index (Phi) is 7.09. The molecule has 1 N–H and O–H groups in total. The average Bonchev–Trinajstić information content (AvgIpc) is 2.21. The summed E-state index contributed by atoms with van der Waals surface area (Å²) in [7, 11) is 0. The van der Waals surface area contributed by atoms with E-state index >= 15 is 0 Å². The summed E-state index contributed by atoms with van der Waals surface area (Å²) in [6.45, 7) is 11.4. The van der Waals surface area contributed by atoms with Crippen LogP contribution in [-0.4, -0.2) is 38.0 Å². The molecule has 0 saturated carbocycles. The molecule has 0 aromatic rings. The second-order valence-corrected chi connectivity index (χ2v) is 5.67. The van der Waals surface area contributed by atoms with Gasteiger partial charge in [-0.2, -0.15) is 0 Å². The SMILES string of the molecule is CC(C)CCOCCNC1CC(C)OC(C)C1. The van der Waals surface area contributed by atoms with Crippen LogP contribution in [0.2, 0.25) is 0 Å². The Morgan fingerprint density at radius 2 is 1.82 bits per heavy atom. The molecule has 17 heavy (non-hydrogen) atoms. The zero-order chi connectivity index (χ0) is 12.7. The van der Waals surface area contributed by atoms with Crippen molar-refractivity contribution in [2.45, 2.75) is 65.2 Å². The molecule has 0 aromatic heterocycles. The highest BCUT2D eigenvalue weighted by molar-refractivity contribution is 4.78. The summed E-state index contributed by atoms with van der Waals surface area (Å²) in [5.74, 6) is 0.736. The van der Waals surface area contributed by atoms with Gasteiger partial charge in [-0.15, -0.1) is 0 Å². The molecule has 2 unspecified atom stereocenters. The maximum Gasteiger partial charge on any atom is 0.0591 e. The molecule has 1 heterocycles. The van der Waals surface area contributed by atoms with Crippen molar-refractivity contribution in [1.82, 2.24) is 5.32 Å². The molecule has 0 spiro atoms. The van der Waals surface area contributed by atoms with Gasteiger partial charge in [0.25, 0.3) is 0 Å². The molecule has 1 fully saturated rings. The van der Waals surface area contributed by atoms with Gasteiger partial charge in [-0.1, -0.05) is 13.8 Å². The second kappa shape index (κ2) is 8.06. The third-order valence-corrected chi connectivity index (χ3v) is 3.22. The molecule has 1 saturated heterocycles. The van der Waals surface area contributed by atoms with Gasteiger partial charge in [0.1, 0.15) is 0 Å². The Labute approximate surface area is 106 Å². The average molecular weight is 243 g/mol. The van der Waals surface area contributed by atoms with Gasteiger partial charge in [-0.25, -0.2) is 0 Å². The molecule has 0 amide bonds. The third-order valence-electron chi connectivity index (χ3n) is 3.22. The lowest BCUT2D eigenvalue weighted by atomic mass is 10.00. The van der Waals surface area contributed by atoms with Crippen LogP contribution in [0.25, 0.3) is 0 Å². The molecule has 1 aliphatic heterocycles. The van der Waals surface area contributed by atoms with Crippen LogP contribution in [0.1, 0.15) is 47.0 Å². The maximum absolute atomic E-state index is 5.72. The van der Waals surface area contributed by atoms with E-state index < -0.39 is 0 Å². The maximum atomic E-state index is 5.72. The quantitative estimate of drug-likeness (QED) is 0.697. The van der Waals surface area contributed by atoms with E-state index in [1.807, 2.05) is 0 Å². The zero-order valence-electron chi connectivity index (χ0n) is 11.9. The summed E-state index contributed by atoms with van der Waals surface area (Å²) in [6, 6.07) is 0.599. The lowest BCUT2D eigenvalue weighted by Crippen LogP contribution is -2.42. The van der Waals surface area contributed by atoms with Gasteiger partial charge in [0.2, 0.25) is 0 Å². The first kappa shape index (κ1) is 14.9. The first-order chi connectivity index (χ1) is 8.08. The summed E-state index contributed by atoms with van der Waals surface area (Å²) in [5, 5.41) is 3.57. The molecule has 1 rings (SSSR count). The van der Waals surface area contributed by atoms with E-state index in [0.717, 1.165) is 44.9 Å². The van der Waals surface area contributed by atoms with Gasteiger partial charge in [0.15, 0.2) is 0 Å². The van der Waals surface area contributed by atoms with Crippen molar-refractivity contribution in [3.63, 3.8) is 0 Å². The lowest BCUT2D eigenvalue weighted by molar-refractivity contribution is -0.0428. The van der Waals surface area contributed by atoms with Crippen molar-refractivity contribution in [2.75, 3.05) is 19.8 Å². The molecule has 0 radical (unpaired) electrons. The Balaban J connectivity index is 1.98. The number of nitrogens with one attached hydrogen (secondary N) is 1. The number of ether oxygens (including phenoxy) is 2. The molecule has 1 aliphatic rings. The standard InChI is InChI=1S/C14H29NO2/c1-11(2)5-7-16-8-6-15-14-9-12(3)17-13(4)10-14/h11-15H,5-10H2,1-4H3. The van der Waals surface area contributed by atoms with E-state index in [2.05, 4.69) is 33.0 Å². The van der Waals surface area contributed by atoms with Crippen molar-refractivity contribution in [3.05, 3.63) is 0 Å². The number of rotatable bonds is 7. The van der Waals surface area contributed by atoms with Gasteiger partial charge in [-0.05, 0) is 39.0 Å². The predicted octanol–water partition coefficient (Wildman–Crippen LogP) is 2.59. The molecule has 0 aliphatic carbocycles. The van der Waals surface area contributed by atoms with E-state index in [-0.39, 0.29) is 0 Å². The zero-order valence-corrected chi connectivity index (χ0v) is 11.9. The van der Waals surface area contributed by atoms with Crippen molar-refractivity contribution in [1.29, 1.82) is 0 Å². The number of hydrogen-bond donors (Lipinski definition) is 1. The molecule has 102 valence electrons. The van der Waals surface area contributed by atoms with Crippen molar-refractivity contribution < 1.29 is 9.47 Å². The first-order valence-corrected chi connectivity index (χ1v) is 7.04. The fourth-order valence-electron chi connectivity index (χ4n) is 2.33. The van der Waals surface area contributed by atoms with Crippen LogP contribution in [0.3, 0.4) is 0 Å². The predicted molar refractivity (Wildman–Crippen MR) is 71.3 cm³/mol. The van der Waals surface area contributed by atoms with Gasteiger partial charge < -0.3 is 14.8 Å². The van der Waals surface area contributed by atoms with E-state index in [4.69, 9.17) is 9.47 Å². The molecule has 0 aromatic carbocycles. The molecule has 3 heteroatoms. The van der Waals surface area contributed by atoms with Crippen LogP contribution in [0.4, 0.5) is 0 Å². The minimum atomic E-state index is 0.387. The van der Waals surface area contributed by atoms with E-state index in [1.54, 1.807) is 0 Å². The van der Waals surface area contributed by atoms with Gasteiger partial charge >= 0.3 is 0 Å². The molecular weight excluding hydrogens is 214 g/mol. The summed E-state index contributed by atoms with van der Waals surface area (Å²) in [6.07, 6.45) is 4.18. The highest BCUT2D eigenvalue weighted by Gasteiger charge is 2.23. The monoisotopic (exact) mass is 243 g/mol. The summed E-state index contributed by atoms with van der Waals surface area (Å²) in [5.41, 5.74) is 0. The Hall–Kier alpha value is -0.120. The lowest BCUT2D eigenvalue weighted by Gasteiger charge is -2.32. The molecule has 0 bridgehead atoms. The Morgan fingerprint density at radius 3 is 2.41 bits per heavy atom. The van der Waals surface area contributed by atoms with Gasteiger partial charge in [0, 0.05) is 19.2 Å². The molecular formula is C14H29NO2. The first-order valence-electron chi connectivity index (χ1n) is 7.04. The van der Waals surface area contributed by atoms with E-state index in [9.17, 15) is 0 Å². The van der Waals surface area contributed by atoms with Crippen molar-refractivity contribution in [3.8, 4) is 0 Å². The number of hydrogen-bond acceptors (Lipinski definition) is 3. The second-order valence-electron chi connectivity index (χ2n) is 5.67. The van der Waals surface area contributed by atoms with Crippen LogP contribution < -0.4 is 5.32 Å². The van der Waals surface area contributed by atoms with Crippen LogP contribution >= 0.6 is 0 Å². The summed E-state index contributed by atoms with van der Waals surface area (Å²) < 4.78 is 11.3. The minimum absolute atomic E-state index is 0.387. The highest BCUT2D eigenvalue weighted by Crippen LogP contribution is 2.18. The summed E-state index contributed by atoms with van der Waals surface area (Å²) in [4.78, 5) is 0. The van der Waals surface area contributed by atoms with Gasteiger partial charge in [-0.3, -0.25) is 0 Å². The largest absolute Gasteiger partial charge is 0.380 e. The minimum Gasteiger partial charge on any atom is -0.380 e. The normalized spacial score (nSPS) is 29.8. The fourth-order valence-corrected chi connectivity index (χ4v) is 2.33. The van der Waals surface area contributed by atoms with Crippen LogP contribution in [0.15, 0.2) is 0 Å². The van der Waals surface area contributed by atoms with Gasteiger partial charge in [0.05, 0.1) is 18.8 Å².